The summed E-state index contributed by atoms with van der Waals surface area (Å²) in [5.74, 6) is 1.07. The van der Waals surface area contributed by atoms with Gasteiger partial charge < -0.3 is 9.64 Å². The lowest BCUT2D eigenvalue weighted by Gasteiger charge is -2.29. The second kappa shape index (κ2) is 5.83. The van der Waals surface area contributed by atoms with E-state index in [0.717, 1.165) is 59.7 Å². The number of anilines is 1. The molecule has 1 saturated heterocycles. The molecule has 0 N–H and O–H groups in total. The van der Waals surface area contributed by atoms with Crippen LogP contribution in [0.25, 0.3) is 16.9 Å². The van der Waals surface area contributed by atoms with Crippen LogP contribution in [0.4, 0.5) is 5.82 Å². The molecule has 23 heavy (non-hydrogen) atoms. The van der Waals surface area contributed by atoms with Crippen molar-refractivity contribution in [1.29, 1.82) is 0 Å². The molecule has 1 aliphatic rings. The first-order valence-corrected chi connectivity index (χ1v) is 8.04. The minimum absolute atomic E-state index is 0.723. The summed E-state index contributed by atoms with van der Waals surface area (Å²) >= 11 is 5.97. The van der Waals surface area contributed by atoms with Gasteiger partial charge in [0, 0.05) is 41.5 Å². The zero-order valence-electron chi connectivity index (χ0n) is 12.9. The van der Waals surface area contributed by atoms with Gasteiger partial charge in [0.05, 0.1) is 18.9 Å². The molecule has 0 unspecified atom stereocenters. The van der Waals surface area contributed by atoms with E-state index in [1.807, 2.05) is 41.8 Å². The molecule has 3 aromatic rings. The van der Waals surface area contributed by atoms with E-state index < -0.39 is 0 Å². The van der Waals surface area contributed by atoms with Gasteiger partial charge in [-0.25, -0.2) is 4.98 Å². The number of ether oxygens (including phenoxy) is 1. The Hall–Kier alpha value is -2.11. The van der Waals surface area contributed by atoms with Crippen LogP contribution in [0.1, 0.15) is 5.69 Å². The molecular weight excluding hydrogens is 312 g/mol. The first kappa shape index (κ1) is 14.5. The van der Waals surface area contributed by atoms with E-state index in [-0.39, 0.29) is 0 Å². The van der Waals surface area contributed by atoms with E-state index in [1.54, 1.807) is 0 Å². The highest BCUT2D eigenvalue weighted by atomic mass is 35.5. The van der Waals surface area contributed by atoms with E-state index in [2.05, 4.69) is 16.0 Å². The van der Waals surface area contributed by atoms with Gasteiger partial charge in [-0.2, -0.15) is 9.61 Å². The first-order valence-electron chi connectivity index (χ1n) is 7.67. The van der Waals surface area contributed by atoms with Gasteiger partial charge in [-0.15, -0.1) is 0 Å². The quantitative estimate of drug-likeness (QED) is 0.724. The molecule has 0 atom stereocenters. The molecular formula is C17H17ClN4O. The summed E-state index contributed by atoms with van der Waals surface area (Å²) in [4.78, 5) is 6.91. The Morgan fingerprint density at radius 2 is 1.83 bits per heavy atom. The van der Waals surface area contributed by atoms with Crippen molar-refractivity contribution in [2.24, 2.45) is 0 Å². The van der Waals surface area contributed by atoms with E-state index in [4.69, 9.17) is 21.4 Å². The number of rotatable bonds is 2. The third-order valence-corrected chi connectivity index (χ3v) is 4.26. The van der Waals surface area contributed by atoms with E-state index in [0.29, 0.717) is 0 Å². The molecule has 1 aliphatic heterocycles. The van der Waals surface area contributed by atoms with Crippen LogP contribution < -0.4 is 4.90 Å². The Morgan fingerprint density at radius 3 is 2.57 bits per heavy atom. The third-order valence-electron chi connectivity index (χ3n) is 4.01. The maximum atomic E-state index is 5.97. The number of benzene rings is 1. The fourth-order valence-electron chi connectivity index (χ4n) is 2.86. The number of halogens is 1. The van der Waals surface area contributed by atoms with Gasteiger partial charge in [0.2, 0.25) is 0 Å². The smallest absolute Gasteiger partial charge is 0.158 e. The standard InChI is InChI=1S/C17H17ClN4O/c1-12-10-17(21-6-8-23-9-7-21)22-16(19-12)11-15(20-22)13-2-4-14(18)5-3-13/h2-5,10-11H,6-9H2,1H3. The molecule has 1 aromatic carbocycles. The van der Waals surface area contributed by atoms with Crippen LogP contribution in [0.3, 0.4) is 0 Å². The second-order valence-corrected chi connectivity index (χ2v) is 6.10. The molecule has 0 spiro atoms. The van der Waals surface area contributed by atoms with Gasteiger partial charge in [-0.1, -0.05) is 23.7 Å². The summed E-state index contributed by atoms with van der Waals surface area (Å²) in [5.41, 5.74) is 3.78. The number of nitrogens with zero attached hydrogens (tertiary/aromatic N) is 4. The molecule has 0 amide bonds. The predicted octanol–water partition coefficient (Wildman–Crippen LogP) is 3.19. The van der Waals surface area contributed by atoms with Crippen LogP contribution in [-0.2, 0) is 4.74 Å². The highest BCUT2D eigenvalue weighted by Gasteiger charge is 2.17. The second-order valence-electron chi connectivity index (χ2n) is 5.66. The summed E-state index contributed by atoms with van der Waals surface area (Å²) in [6, 6.07) is 11.8. The molecule has 4 rings (SSSR count). The summed E-state index contributed by atoms with van der Waals surface area (Å²) in [6.45, 7) is 5.24. The molecule has 5 nitrogen and oxygen atoms in total. The molecule has 1 fully saturated rings. The number of aryl methyl sites for hydroxylation is 1. The zero-order chi connectivity index (χ0) is 15.8. The molecule has 118 valence electrons. The number of morpholine rings is 1. The van der Waals surface area contributed by atoms with Crippen molar-refractivity contribution < 1.29 is 4.74 Å². The van der Waals surface area contributed by atoms with Crippen LogP contribution in [0.2, 0.25) is 5.02 Å². The normalized spacial score (nSPS) is 15.3. The Kier molecular flexibility index (Phi) is 3.67. The Labute approximate surface area is 139 Å². The van der Waals surface area contributed by atoms with Gasteiger partial charge in [-0.05, 0) is 19.1 Å². The monoisotopic (exact) mass is 328 g/mol. The van der Waals surface area contributed by atoms with Crippen LogP contribution in [0, 0.1) is 6.92 Å². The fraction of sp³-hybridized carbons (Fsp3) is 0.294. The third kappa shape index (κ3) is 2.78. The van der Waals surface area contributed by atoms with E-state index in [1.165, 1.54) is 0 Å². The lowest BCUT2D eigenvalue weighted by Crippen LogP contribution is -2.37. The topological polar surface area (TPSA) is 42.7 Å². The van der Waals surface area contributed by atoms with E-state index in [9.17, 15) is 0 Å². The molecule has 0 saturated carbocycles. The Bertz CT molecular complexity index is 838. The predicted molar refractivity (Wildman–Crippen MR) is 91.2 cm³/mol. The summed E-state index contributed by atoms with van der Waals surface area (Å²) in [6.07, 6.45) is 0. The van der Waals surface area contributed by atoms with Gasteiger partial charge in [0.15, 0.2) is 5.65 Å². The lowest BCUT2D eigenvalue weighted by molar-refractivity contribution is 0.122. The van der Waals surface area contributed by atoms with Crippen LogP contribution in [0.5, 0.6) is 0 Å². The number of hydrogen-bond acceptors (Lipinski definition) is 4. The maximum Gasteiger partial charge on any atom is 0.158 e. The first-order chi connectivity index (χ1) is 11.2. The van der Waals surface area contributed by atoms with Gasteiger partial charge in [0.1, 0.15) is 5.82 Å². The van der Waals surface area contributed by atoms with Gasteiger partial charge >= 0.3 is 0 Å². The number of hydrogen-bond donors (Lipinski definition) is 0. The van der Waals surface area contributed by atoms with E-state index >= 15 is 0 Å². The molecule has 0 aliphatic carbocycles. The summed E-state index contributed by atoms with van der Waals surface area (Å²) in [5, 5.41) is 5.48. The van der Waals surface area contributed by atoms with Crippen molar-refractivity contribution in [3.05, 3.63) is 47.1 Å². The molecule has 3 heterocycles. The highest BCUT2D eigenvalue weighted by Crippen LogP contribution is 2.25. The fourth-order valence-corrected chi connectivity index (χ4v) is 2.99. The number of fused-ring (bicyclic) bond motifs is 1. The van der Waals surface area contributed by atoms with Crippen LogP contribution in [-0.4, -0.2) is 40.9 Å². The Morgan fingerprint density at radius 1 is 1.09 bits per heavy atom. The zero-order valence-corrected chi connectivity index (χ0v) is 13.6. The van der Waals surface area contributed by atoms with Crippen molar-refractivity contribution in [1.82, 2.24) is 14.6 Å². The van der Waals surface area contributed by atoms with Crippen molar-refractivity contribution in [2.75, 3.05) is 31.2 Å². The van der Waals surface area contributed by atoms with Crippen molar-refractivity contribution >= 4 is 23.1 Å². The minimum Gasteiger partial charge on any atom is -0.378 e. The minimum atomic E-state index is 0.723. The largest absolute Gasteiger partial charge is 0.378 e. The lowest BCUT2D eigenvalue weighted by atomic mass is 10.2. The van der Waals surface area contributed by atoms with Crippen LogP contribution >= 0.6 is 11.6 Å². The Balaban J connectivity index is 1.82. The molecule has 2 aromatic heterocycles. The summed E-state index contributed by atoms with van der Waals surface area (Å²) < 4.78 is 7.37. The average molecular weight is 329 g/mol. The SMILES string of the molecule is Cc1cc(N2CCOCC2)n2nc(-c3ccc(Cl)cc3)cc2n1. The van der Waals surface area contributed by atoms with Crippen molar-refractivity contribution in [3.8, 4) is 11.3 Å². The average Bonchev–Trinajstić information content (AvgIpc) is 2.99. The van der Waals surface area contributed by atoms with Crippen molar-refractivity contribution in [3.63, 3.8) is 0 Å². The highest BCUT2D eigenvalue weighted by molar-refractivity contribution is 6.30. The molecule has 0 bridgehead atoms. The van der Waals surface area contributed by atoms with Crippen LogP contribution in [0.15, 0.2) is 36.4 Å². The van der Waals surface area contributed by atoms with Crippen molar-refractivity contribution in [2.45, 2.75) is 6.92 Å². The molecule has 6 heteroatoms. The van der Waals surface area contributed by atoms with Gasteiger partial charge in [0.25, 0.3) is 0 Å². The summed E-state index contributed by atoms with van der Waals surface area (Å²) in [7, 11) is 0. The molecule has 0 radical (unpaired) electrons. The van der Waals surface area contributed by atoms with Gasteiger partial charge in [-0.3, -0.25) is 0 Å². The number of aromatic nitrogens is 3. The maximum absolute atomic E-state index is 5.97.